The molecular weight excluding hydrogens is 366 g/mol. The van der Waals surface area contributed by atoms with Crippen LogP contribution >= 0.6 is 11.6 Å². The van der Waals surface area contributed by atoms with E-state index in [2.05, 4.69) is 5.32 Å². The van der Waals surface area contributed by atoms with Crippen molar-refractivity contribution in [3.8, 4) is 5.75 Å². The molecule has 27 heavy (non-hydrogen) atoms. The van der Waals surface area contributed by atoms with E-state index in [0.29, 0.717) is 23.0 Å². The summed E-state index contributed by atoms with van der Waals surface area (Å²) in [5.41, 5.74) is 2.68. The normalized spacial score (nSPS) is 13.8. The van der Waals surface area contributed by atoms with Gasteiger partial charge in [-0.25, -0.2) is 0 Å². The third-order valence-electron chi connectivity index (χ3n) is 4.54. The number of nitrogens with one attached hydrogen (secondary N) is 2. The van der Waals surface area contributed by atoms with Crippen LogP contribution in [0.4, 0.5) is 11.4 Å². The predicted octanol–water partition coefficient (Wildman–Crippen LogP) is 1.39. The van der Waals surface area contributed by atoms with E-state index in [1.807, 2.05) is 31.3 Å². The number of carbonyl (C=O) groups excluding carboxylic acids is 2. The summed E-state index contributed by atoms with van der Waals surface area (Å²) >= 11 is 5.98. The molecule has 7 heteroatoms. The Hall–Kier alpha value is -2.57. The Morgan fingerprint density at radius 3 is 2.78 bits per heavy atom. The van der Waals surface area contributed by atoms with Crippen molar-refractivity contribution in [1.29, 1.82) is 0 Å². The molecule has 6 nitrogen and oxygen atoms in total. The molecule has 2 amide bonds. The lowest BCUT2D eigenvalue weighted by Gasteiger charge is -2.20. The molecule has 142 valence electrons. The highest BCUT2D eigenvalue weighted by Crippen LogP contribution is 2.28. The Kier molecular flexibility index (Phi) is 5.98. The fraction of sp³-hybridized carbons (Fsp3) is 0.300. The highest BCUT2D eigenvalue weighted by molar-refractivity contribution is 6.31. The number of benzene rings is 2. The van der Waals surface area contributed by atoms with E-state index in [1.54, 1.807) is 23.1 Å². The quantitative estimate of drug-likeness (QED) is 0.786. The lowest BCUT2D eigenvalue weighted by molar-refractivity contribution is -0.862. The zero-order valence-electron chi connectivity index (χ0n) is 15.4. The Labute approximate surface area is 163 Å². The van der Waals surface area contributed by atoms with Crippen molar-refractivity contribution in [3.05, 3.63) is 53.1 Å². The van der Waals surface area contributed by atoms with Crippen molar-refractivity contribution < 1.29 is 19.2 Å². The lowest BCUT2D eigenvalue weighted by Crippen LogP contribution is -3.11. The number of hydrogen-bond acceptors (Lipinski definition) is 3. The zero-order chi connectivity index (χ0) is 19.4. The van der Waals surface area contributed by atoms with Gasteiger partial charge >= 0.3 is 0 Å². The van der Waals surface area contributed by atoms with Crippen LogP contribution in [0, 0.1) is 0 Å². The van der Waals surface area contributed by atoms with Crippen LogP contribution in [0.15, 0.2) is 42.5 Å². The number of nitrogens with zero attached hydrogens (tertiary/aromatic N) is 1. The molecule has 0 aromatic heterocycles. The number of amides is 2. The van der Waals surface area contributed by atoms with Crippen molar-refractivity contribution in [3.63, 3.8) is 0 Å². The van der Waals surface area contributed by atoms with Gasteiger partial charge in [-0.2, -0.15) is 0 Å². The van der Waals surface area contributed by atoms with Crippen LogP contribution in [-0.2, 0) is 16.0 Å². The SMILES string of the molecule is COc1ccc(Cl)cc1NC(=O)C[NH+](C)CC(=O)N1CCc2ccccc21. The van der Waals surface area contributed by atoms with Gasteiger partial charge in [0, 0.05) is 17.3 Å². The summed E-state index contributed by atoms with van der Waals surface area (Å²) in [7, 11) is 3.36. The third-order valence-corrected chi connectivity index (χ3v) is 4.77. The fourth-order valence-corrected chi connectivity index (χ4v) is 3.43. The van der Waals surface area contributed by atoms with E-state index in [1.165, 1.54) is 12.7 Å². The molecule has 3 rings (SSSR count). The van der Waals surface area contributed by atoms with Gasteiger partial charge in [-0.3, -0.25) is 9.59 Å². The third kappa shape index (κ3) is 4.59. The molecule has 2 aromatic rings. The van der Waals surface area contributed by atoms with Gasteiger partial charge in [-0.15, -0.1) is 0 Å². The van der Waals surface area contributed by atoms with Gasteiger partial charge in [0.1, 0.15) is 5.75 Å². The van der Waals surface area contributed by atoms with Crippen LogP contribution in [0.25, 0.3) is 0 Å². The van der Waals surface area contributed by atoms with E-state index >= 15 is 0 Å². The van der Waals surface area contributed by atoms with Gasteiger partial charge in [-0.1, -0.05) is 29.8 Å². The van der Waals surface area contributed by atoms with Gasteiger partial charge in [0.25, 0.3) is 11.8 Å². The van der Waals surface area contributed by atoms with Crippen LogP contribution in [0.2, 0.25) is 5.02 Å². The largest absolute Gasteiger partial charge is 0.495 e. The van der Waals surface area contributed by atoms with Crippen LogP contribution in [-0.4, -0.2) is 45.6 Å². The van der Waals surface area contributed by atoms with Gasteiger partial charge in [0.05, 0.1) is 19.8 Å². The number of anilines is 2. The smallest absolute Gasteiger partial charge is 0.282 e. The molecule has 0 fully saturated rings. The number of ether oxygens (including phenoxy) is 1. The van der Waals surface area contributed by atoms with Gasteiger partial charge < -0.3 is 19.9 Å². The maximum Gasteiger partial charge on any atom is 0.282 e. The Balaban J connectivity index is 1.56. The summed E-state index contributed by atoms with van der Waals surface area (Å²) in [6.07, 6.45) is 0.871. The van der Waals surface area contributed by atoms with Crippen LogP contribution in [0.3, 0.4) is 0 Å². The number of quaternary nitrogens is 1. The minimum absolute atomic E-state index is 0.0191. The molecule has 1 aliphatic heterocycles. The number of para-hydroxylation sites is 1. The van der Waals surface area contributed by atoms with E-state index in [4.69, 9.17) is 16.3 Å². The molecular formula is C20H23ClN3O3+. The number of carbonyl (C=O) groups is 2. The Morgan fingerprint density at radius 2 is 2.00 bits per heavy atom. The molecule has 0 radical (unpaired) electrons. The number of rotatable bonds is 6. The molecule has 2 aromatic carbocycles. The monoisotopic (exact) mass is 388 g/mol. The maximum atomic E-state index is 12.6. The number of hydrogen-bond donors (Lipinski definition) is 2. The summed E-state index contributed by atoms with van der Waals surface area (Å²) in [6.45, 7) is 1.10. The van der Waals surface area contributed by atoms with Crippen molar-refractivity contribution >= 4 is 34.8 Å². The van der Waals surface area contributed by atoms with Crippen molar-refractivity contribution in [1.82, 2.24) is 0 Å². The Bertz CT molecular complexity index is 856. The highest BCUT2D eigenvalue weighted by atomic mass is 35.5. The standard InChI is InChI=1S/C20H22ClN3O3/c1-23(12-19(25)22-16-11-15(21)7-8-18(16)27-2)13-20(26)24-10-9-14-5-3-4-6-17(14)24/h3-8,11H,9-10,12-13H2,1-2H3,(H,22,25)/p+1. The summed E-state index contributed by atoms with van der Waals surface area (Å²) in [5.74, 6) is 0.350. The summed E-state index contributed by atoms with van der Waals surface area (Å²) in [4.78, 5) is 27.6. The highest BCUT2D eigenvalue weighted by Gasteiger charge is 2.26. The predicted molar refractivity (Wildman–Crippen MR) is 106 cm³/mol. The number of halogens is 1. The lowest BCUT2D eigenvalue weighted by atomic mass is 10.2. The second-order valence-corrected chi connectivity index (χ2v) is 7.06. The first-order chi connectivity index (χ1) is 13.0. The first-order valence-corrected chi connectivity index (χ1v) is 9.18. The van der Waals surface area contributed by atoms with Crippen molar-refractivity contribution in [2.45, 2.75) is 6.42 Å². The average molecular weight is 389 g/mol. The number of fused-ring (bicyclic) bond motifs is 1. The fourth-order valence-electron chi connectivity index (χ4n) is 3.26. The second-order valence-electron chi connectivity index (χ2n) is 6.63. The zero-order valence-corrected chi connectivity index (χ0v) is 16.2. The van der Waals surface area contributed by atoms with E-state index in [-0.39, 0.29) is 24.9 Å². The summed E-state index contributed by atoms with van der Waals surface area (Å²) in [6, 6.07) is 13.0. The molecule has 1 atom stereocenters. The molecule has 1 unspecified atom stereocenters. The van der Waals surface area contributed by atoms with Gasteiger partial charge in [-0.05, 0) is 36.2 Å². The number of likely N-dealkylation sites (N-methyl/N-ethyl adjacent to an activating group) is 1. The molecule has 1 aliphatic rings. The molecule has 0 saturated carbocycles. The van der Waals surface area contributed by atoms with Crippen LogP contribution < -0.4 is 19.9 Å². The molecule has 0 saturated heterocycles. The topological polar surface area (TPSA) is 63.1 Å². The van der Waals surface area contributed by atoms with Crippen molar-refractivity contribution in [2.24, 2.45) is 0 Å². The average Bonchev–Trinajstić information content (AvgIpc) is 3.06. The minimum Gasteiger partial charge on any atom is -0.495 e. The number of methoxy groups -OCH3 is 1. The molecule has 2 N–H and O–H groups in total. The van der Waals surface area contributed by atoms with E-state index in [0.717, 1.165) is 17.0 Å². The molecule has 0 bridgehead atoms. The molecule has 0 aliphatic carbocycles. The van der Waals surface area contributed by atoms with Crippen molar-refractivity contribution in [2.75, 3.05) is 44.0 Å². The summed E-state index contributed by atoms with van der Waals surface area (Å²) < 4.78 is 5.23. The van der Waals surface area contributed by atoms with E-state index < -0.39 is 0 Å². The molecule has 0 spiro atoms. The minimum atomic E-state index is -0.206. The van der Waals surface area contributed by atoms with Crippen LogP contribution in [0.5, 0.6) is 5.75 Å². The van der Waals surface area contributed by atoms with Crippen LogP contribution in [0.1, 0.15) is 5.56 Å². The van der Waals surface area contributed by atoms with Gasteiger partial charge in [0.2, 0.25) is 0 Å². The first kappa shape index (κ1) is 19.2. The van der Waals surface area contributed by atoms with Gasteiger partial charge in [0.15, 0.2) is 13.1 Å². The second kappa shape index (κ2) is 8.41. The first-order valence-electron chi connectivity index (χ1n) is 8.81. The molecule has 1 heterocycles. The van der Waals surface area contributed by atoms with E-state index in [9.17, 15) is 9.59 Å². The Morgan fingerprint density at radius 1 is 1.22 bits per heavy atom. The summed E-state index contributed by atoms with van der Waals surface area (Å²) in [5, 5.41) is 3.31. The maximum absolute atomic E-state index is 12.6.